The fourth-order valence-electron chi connectivity index (χ4n) is 13.2. The molecule has 9 nitrogen and oxygen atoms in total. The van der Waals surface area contributed by atoms with Gasteiger partial charge >= 0.3 is 0 Å². The molecule has 404 valence electrons. The molecule has 7 heterocycles. The van der Waals surface area contributed by atoms with Crippen molar-refractivity contribution in [2.45, 2.75) is 0 Å². The number of benzene rings is 11. The summed E-state index contributed by atoms with van der Waals surface area (Å²) < 4.78 is 11.0. The van der Waals surface area contributed by atoms with Gasteiger partial charge in [-0.05, 0) is 118 Å². The van der Waals surface area contributed by atoms with Crippen LogP contribution in [0.3, 0.4) is 0 Å². The smallest absolute Gasteiger partial charge is 0.188 e. The molecule has 0 saturated heterocycles. The number of para-hydroxylation sites is 3. The molecule has 0 N–H and O–H groups in total. The Morgan fingerprint density at radius 1 is 0.322 bits per heavy atom. The van der Waals surface area contributed by atoms with Crippen LogP contribution < -0.4 is 0 Å². The summed E-state index contributed by atoms with van der Waals surface area (Å²) in [5.41, 5.74) is 19.4. The highest BCUT2D eigenvalue weighted by atomic mass is 15.3. The van der Waals surface area contributed by atoms with Crippen LogP contribution in [0.15, 0.2) is 285 Å². The van der Waals surface area contributed by atoms with Gasteiger partial charge in [-0.25, -0.2) is 13.9 Å². The Morgan fingerprint density at radius 2 is 0.724 bits per heavy atom. The van der Waals surface area contributed by atoms with Crippen molar-refractivity contribution < 1.29 is 0 Å². The lowest BCUT2D eigenvalue weighted by Crippen LogP contribution is -1.96. The van der Waals surface area contributed by atoms with Crippen molar-refractivity contribution >= 4 is 104 Å². The summed E-state index contributed by atoms with van der Waals surface area (Å²) in [7, 11) is 0. The maximum atomic E-state index is 9.58. The van der Waals surface area contributed by atoms with Crippen molar-refractivity contribution in [3.05, 3.63) is 302 Å². The zero-order valence-electron chi connectivity index (χ0n) is 46.7. The second kappa shape index (κ2) is 19.7. The lowest BCUT2D eigenvalue weighted by atomic mass is 10.0. The van der Waals surface area contributed by atoms with E-state index in [9.17, 15) is 5.26 Å². The molecular weight excluding hydrogens is 1060 g/mol. The van der Waals surface area contributed by atoms with Crippen molar-refractivity contribution in [2.75, 3.05) is 0 Å². The predicted octanol–water partition coefficient (Wildman–Crippen LogP) is 19.7. The van der Waals surface area contributed by atoms with E-state index < -0.39 is 0 Å². The van der Waals surface area contributed by atoms with E-state index in [-0.39, 0.29) is 0 Å². The molecule has 0 unspecified atom stereocenters. The zero-order valence-corrected chi connectivity index (χ0v) is 46.7. The van der Waals surface area contributed by atoms with Crippen molar-refractivity contribution in [3.63, 3.8) is 0 Å². The molecule has 11 aromatic carbocycles. The second-order valence-corrected chi connectivity index (χ2v) is 22.1. The van der Waals surface area contributed by atoms with E-state index in [0.717, 1.165) is 93.9 Å². The van der Waals surface area contributed by atoms with Crippen LogP contribution in [-0.2, 0) is 0 Å². The van der Waals surface area contributed by atoms with Crippen molar-refractivity contribution in [3.8, 4) is 56.8 Å². The van der Waals surface area contributed by atoms with Crippen LogP contribution in [0.25, 0.3) is 154 Å². The molecule has 0 atom stereocenters. The summed E-state index contributed by atoms with van der Waals surface area (Å²) in [6, 6.07) is 97.7. The Labute approximate surface area is 498 Å². The standard InChI is InChI=1S/C47H30N4.C31H17N5/c1-3-13-31(14-4-1)46-47(45-29-32-15-7-8-16-35(32)30-49(45)48-46)51-42-22-12-10-20-38(42)40-28-34(24-26-44(40)51)33-23-25-43-39(27-33)37-19-9-11-21-41(37)50(43)36-17-5-2-6-18-36;1-33-24-12-14-28-26(17-24)25-15-20(18-32)11-13-27(25)36(28)31-29-16-22-9-5-6-10-23(22)19-35(29)34-30(31)21-7-3-2-4-8-21/h1-30H;2-17,19H. The fraction of sp³-hybridized carbons (Fsp3) is 0. The van der Waals surface area contributed by atoms with Gasteiger partial charge in [0.05, 0.1) is 62.3 Å². The average molecular weight is 1110 g/mol. The Morgan fingerprint density at radius 3 is 1.24 bits per heavy atom. The summed E-state index contributed by atoms with van der Waals surface area (Å²) in [5, 5.41) is 31.3. The van der Waals surface area contributed by atoms with Crippen LogP contribution in [-0.4, -0.2) is 32.9 Å². The van der Waals surface area contributed by atoms with E-state index in [1.807, 2.05) is 71.2 Å². The van der Waals surface area contributed by atoms with Gasteiger partial charge in [0.25, 0.3) is 0 Å². The number of aromatic nitrogens is 7. The molecule has 0 fully saturated rings. The lowest BCUT2D eigenvalue weighted by molar-refractivity contribution is 0.974. The van der Waals surface area contributed by atoms with Crippen LogP contribution in [0.2, 0.25) is 0 Å². The third kappa shape index (κ3) is 7.85. The first-order chi connectivity index (χ1) is 43.0. The van der Waals surface area contributed by atoms with Gasteiger partial charge in [-0.15, -0.1) is 0 Å². The highest BCUT2D eigenvalue weighted by Gasteiger charge is 2.25. The van der Waals surface area contributed by atoms with Gasteiger partial charge < -0.3 is 13.7 Å². The molecule has 9 heteroatoms. The third-order valence-electron chi connectivity index (χ3n) is 17.2. The Hall–Kier alpha value is -12.3. The van der Waals surface area contributed by atoms with Gasteiger partial charge in [0.1, 0.15) is 22.8 Å². The molecule has 0 spiro atoms. The maximum absolute atomic E-state index is 9.58. The van der Waals surface area contributed by atoms with Crippen LogP contribution in [0.4, 0.5) is 5.69 Å². The first-order valence-electron chi connectivity index (χ1n) is 29.0. The zero-order chi connectivity index (χ0) is 57.7. The quantitative estimate of drug-likeness (QED) is 0.156. The molecule has 18 aromatic rings. The number of nitriles is 1. The molecule has 0 amide bonds. The predicted molar refractivity (Wildman–Crippen MR) is 356 cm³/mol. The number of hydrogen-bond acceptors (Lipinski definition) is 3. The summed E-state index contributed by atoms with van der Waals surface area (Å²) in [6.45, 7) is 7.54. The minimum atomic E-state index is 0.568. The summed E-state index contributed by atoms with van der Waals surface area (Å²) in [4.78, 5) is 3.65. The van der Waals surface area contributed by atoms with E-state index in [2.05, 4.69) is 248 Å². The highest BCUT2D eigenvalue weighted by molar-refractivity contribution is 6.15. The summed E-state index contributed by atoms with van der Waals surface area (Å²) in [5.74, 6) is 0. The largest absolute Gasteiger partial charge is 0.309 e. The topological polar surface area (TPSA) is 77.5 Å². The number of nitrogens with zero attached hydrogens (tertiary/aromatic N) is 9. The van der Waals surface area contributed by atoms with E-state index in [0.29, 0.717) is 11.3 Å². The van der Waals surface area contributed by atoms with E-state index in [1.54, 1.807) is 0 Å². The van der Waals surface area contributed by atoms with E-state index >= 15 is 0 Å². The van der Waals surface area contributed by atoms with Gasteiger partial charge in [-0.3, -0.25) is 0 Å². The lowest BCUT2D eigenvalue weighted by Gasteiger charge is -2.11. The molecule has 0 aliphatic heterocycles. The number of fused-ring (bicyclic) bond motifs is 13. The van der Waals surface area contributed by atoms with Crippen molar-refractivity contribution in [1.82, 2.24) is 32.9 Å². The maximum Gasteiger partial charge on any atom is 0.188 e. The number of pyridine rings is 2. The van der Waals surface area contributed by atoms with Gasteiger partial charge in [0.2, 0.25) is 0 Å². The van der Waals surface area contributed by atoms with Gasteiger partial charge in [0, 0.05) is 66.9 Å². The molecule has 18 rings (SSSR count). The average Bonchev–Trinajstić information content (AvgIpc) is 3.35. The summed E-state index contributed by atoms with van der Waals surface area (Å²) >= 11 is 0. The van der Waals surface area contributed by atoms with Gasteiger partial charge in [0.15, 0.2) is 5.69 Å². The number of hydrogen-bond donors (Lipinski definition) is 0. The monoisotopic (exact) mass is 1110 g/mol. The van der Waals surface area contributed by atoms with Crippen molar-refractivity contribution in [1.29, 1.82) is 5.26 Å². The van der Waals surface area contributed by atoms with E-state index in [1.165, 1.54) is 54.8 Å². The Balaban J connectivity index is 0.000000144. The van der Waals surface area contributed by atoms with Gasteiger partial charge in [-0.1, -0.05) is 182 Å². The van der Waals surface area contributed by atoms with E-state index in [4.69, 9.17) is 16.8 Å². The normalized spacial score (nSPS) is 11.7. The van der Waals surface area contributed by atoms with Crippen LogP contribution >= 0.6 is 0 Å². The van der Waals surface area contributed by atoms with Crippen molar-refractivity contribution in [2.24, 2.45) is 0 Å². The highest BCUT2D eigenvalue weighted by Crippen LogP contribution is 2.43. The van der Waals surface area contributed by atoms with Crippen LogP contribution in [0.1, 0.15) is 5.56 Å². The fourth-order valence-corrected chi connectivity index (χ4v) is 13.2. The molecule has 0 bridgehead atoms. The second-order valence-electron chi connectivity index (χ2n) is 22.1. The Bertz CT molecular complexity index is 5840. The molecule has 0 aliphatic rings. The molecule has 0 aliphatic carbocycles. The number of rotatable bonds is 6. The van der Waals surface area contributed by atoms with Crippen LogP contribution in [0.5, 0.6) is 0 Å². The molecule has 0 saturated carbocycles. The third-order valence-corrected chi connectivity index (χ3v) is 17.2. The molecular formula is C78H47N9. The first-order valence-corrected chi connectivity index (χ1v) is 29.0. The minimum absolute atomic E-state index is 0.568. The molecule has 0 radical (unpaired) electrons. The SMILES string of the molecule is [C-]#[N+]c1ccc2c(c1)c1cc(C#N)ccc1n2-c1c(-c2ccccc2)nn2cc3ccccc3cc12.c1ccc(-c2nn3cc4ccccc4cc3c2-n2c3ccccc3c3cc(-c4ccc5c(c4)c4ccccc4n5-c4ccccc4)ccc32)cc1. The minimum Gasteiger partial charge on any atom is -0.309 e. The van der Waals surface area contributed by atoms with Crippen LogP contribution in [0, 0.1) is 17.9 Å². The molecule has 87 heavy (non-hydrogen) atoms. The first kappa shape index (κ1) is 49.3. The molecule has 7 aromatic heterocycles. The van der Waals surface area contributed by atoms with Gasteiger partial charge in [-0.2, -0.15) is 15.5 Å². The summed E-state index contributed by atoms with van der Waals surface area (Å²) in [6.07, 6.45) is 4.22. The Kier molecular flexibility index (Phi) is 11.2.